The maximum Gasteiger partial charge on any atom is 0.130 e. The largest absolute Gasteiger partial charge is 0.394 e. The van der Waals surface area contributed by atoms with E-state index in [2.05, 4.69) is 0 Å². The Morgan fingerprint density at radius 1 is 1.21 bits per heavy atom. The molecule has 0 spiro atoms. The molecule has 1 rings (SSSR count). The van der Waals surface area contributed by atoms with Gasteiger partial charge in [-0.3, -0.25) is 0 Å². The van der Waals surface area contributed by atoms with Crippen molar-refractivity contribution < 1.29 is 25.2 Å². The van der Waals surface area contributed by atoms with Gasteiger partial charge in [-0.1, -0.05) is 0 Å². The van der Waals surface area contributed by atoms with E-state index in [4.69, 9.17) is 15.6 Å². The molecule has 4 atom stereocenters. The van der Waals surface area contributed by atoms with Crippen molar-refractivity contribution in [1.29, 1.82) is 0 Å². The van der Waals surface area contributed by atoms with Crippen molar-refractivity contribution >= 4 is 0 Å². The highest BCUT2D eigenvalue weighted by Gasteiger charge is 2.43. The van der Waals surface area contributed by atoms with Crippen LogP contribution in [0.15, 0.2) is 0 Å². The summed E-state index contributed by atoms with van der Waals surface area (Å²) >= 11 is 0. The molecule has 0 aromatic rings. The molecule has 6 N–H and O–H groups in total. The summed E-state index contributed by atoms with van der Waals surface area (Å²) in [4.78, 5) is 0. The molecule has 1 fully saturated rings. The SMILES string of the molecule is NCC[C]1O[C@H](CO)[C@H](O)[C@H](O)[C@H]1O. The van der Waals surface area contributed by atoms with Crippen LogP contribution in [0.2, 0.25) is 0 Å². The molecule has 1 aliphatic heterocycles. The van der Waals surface area contributed by atoms with Crippen molar-refractivity contribution in [2.75, 3.05) is 13.2 Å². The van der Waals surface area contributed by atoms with E-state index in [1.165, 1.54) is 0 Å². The molecule has 0 unspecified atom stereocenters. The van der Waals surface area contributed by atoms with Crippen molar-refractivity contribution in [1.82, 2.24) is 0 Å². The predicted octanol–water partition coefficient (Wildman–Crippen LogP) is -2.66. The molecular weight excluding hydrogens is 190 g/mol. The van der Waals surface area contributed by atoms with Crippen LogP contribution >= 0.6 is 0 Å². The van der Waals surface area contributed by atoms with Gasteiger partial charge in [-0.05, 0) is 13.0 Å². The maximum atomic E-state index is 9.44. The Labute approximate surface area is 81.9 Å². The van der Waals surface area contributed by atoms with Crippen LogP contribution in [0.1, 0.15) is 6.42 Å². The van der Waals surface area contributed by atoms with Crippen molar-refractivity contribution in [2.45, 2.75) is 30.8 Å². The topological polar surface area (TPSA) is 116 Å². The second kappa shape index (κ2) is 5.01. The number of rotatable bonds is 3. The fourth-order valence-electron chi connectivity index (χ4n) is 1.43. The fourth-order valence-corrected chi connectivity index (χ4v) is 1.43. The van der Waals surface area contributed by atoms with Crippen molar-refractivity contribution in [3.05, 3.63) is 6.10 Å². The molecule has 83 valence electrons. The lowest BCUT2D eigenvalue weighted by Crippen LogP contribution is -2.55. The third-order valence-electron chi connectivity index (χ3n) is 2.26. The molecule has 1 radical (unpaired) electrons. The summed E-state index contributed by atoms with van der Waals surface area (Å²) in [7, 11) is 0. The summed E-state index contributed by atoms with van der Waals surface area (Å²) in [6.07, 6.45) is -4.24. The van der Waals surface area contributed by atoms with Gasteiger partial charge >= 0.3 is 0 Å². The van der Waals surface area contributed by atoms with Crippen molar-refractivity contribution in [2.24, 2.45) is 5.73 Å². The lowest BCUT2D eigenvalue weighted by atomic mass is 9.94. The van der Waals surface area contributed by atoms with Gasteiger partial charge in [-0.2, -0.15) is 0 Å². The van der Waals surface area contributed by atoms with Gasteiger partial charge in [0.1, 0.15) is 30.5 Å². The Morgan fingerprint density at radius 2 is 1.86 bits per heavy atom. The van der Waals surface area contributed by atoms with Gasteiger partial charge < -0.3 is 30.9 Å². The average Bonchev–Trinajstić information content (AvgIpc) is 2.19. The molecule has 0 saturated carbocycles. The van der Waals surface area contributed by atoms with Gasteiger partial charge in [0.25, 0.3) is 0 Å². The maximum absolute atomic E-state index is 9.44. The lowest BCUT2D eigenvalue weighted by Gasteiger charge is -2.39. The van der Waals surface area contributed by atoms with Crippen LogP contribution in [0, 0.1) is 6.10 Å². The quantitative estimate of drug-likeness (QED) is 0.344. The number of hydrogen-bond acceptors (Lipinski definition) is 6. The second-order valence-electron chi connectivity index (χ2n) is 3.27. The van der Waals surface area contributed by atoms with E-state index in [0.29, 0.717) is 6.42 Å². The summed E-state index contributed by atoms with van der Waals surface area (Å²) in [6, 6.07) is 0. The zero-order valence-corrected chi connectivity index (χ0v) is 7.71. The minimum atomic E-state index is -1.33. The lowest BCUT2D eigenvalue weighted by molar-refractivity contribution is -0.191. The molecule has 6 nitrogen and oxygen atoms in total. The molecule has 0 aliphatic carbocycles. The molecule has 14 heavy (non-hydrogen) atoms. The van der Waals surface area contributed by atoms with Gasteiger partial charge in [0.05, 0.1) is 6.61 Å². The Kier molecular flexibility index (Phi) is 4.24. The zero-order valence-electron chi connectivity index (χ0n) is 7.71. The van der Waals surface area contributed by atoms with E-state index in [-0.39, 0.29) is 12.6 Å². The van der Waals surface area contributed by atoms with Gasteiger partial charge in [-0.25, -0.2) is 0 Å². The highest BCUT2D eigenvalue weighted by molar-refractivity contribution is 5.02. The first kappa shape index (κ1) is 11.8. The van der Waals surface area contributed by atoms with Gasteiger partial charge in [0.2, 0.25) is 0 Å². The molecule has 0 bridgehead atoms. The Morgan fingerprint density at radius 3 is 2.36 bits per heavy atom. The second-order valence-corrected chi connectivity index (χ2v) is 3.27. The van der Waals surface area contributed by atoms with Crippen LogP contribution < -0.4 is 5.73 Å². The Hall–Kier alpha value is -0.240. The van der Waals surface area contributed by atoms with E-state index in [0.717, 1.165) is 0 Å². The number of nitrogens with two attached hydrogens (primary N) is 1. The number of ether oxygens (including phenoxy) is 1. The summed E-state index contributed by atoms with van der Waals surface area (Å²) in [5.74, 6) is 0. The van der Waals surface area contributed by atoms with Crippen LogP contribution in [0.5, 0.6) is 0 Å². The first-order valence-electron chi connectivity index (χ1n) is 4.49. The summed E-state index contributed by atoms with van der Waals surface area (Å²) in [5, 5.41) is 37.0. The highest BCUT2D eigenvalue weighted by atomic mass is 16.5. The first-order valence-corrected chi connectivity index (χ1v) is 4.49. The summed E-state index contributed by atoms with van der Waals surface area (Å²) in [5.41, 5.74) is 5.27. The average molecular weight is 206 g/mol. The predicted molar refractivity (Wildman–Crippen MR) is 46.9 cm³/mol. The van der Waals surface area contributed by atoms with Gasteiger partial charge in [-0.15, -0.1) is 0 Å². The number of hydrogen-bond donors (Lipinski definition) is 5. The smallest absolute Gasteiger partial charge is 0.130 e. The zero-order chi connectivity index (χ0) is 10.7. The third kappa shape index (κ3) is 2.22. The van der Waals surface area contributed by atoms with E-state index < -0.39 is 31.0 Å². The molecule has 6 heteroatoms. The Bertz CT molecular complexity index is 175. The van der Waals surface area contributed by atoms with Gasteiger partial charge in [0, 0.05) is 0 Å². The highest BCUT2D eigenvalue weighted by Crippen LogP contribution is 2.27. The van der Waals surface area contributed by atoms with Crippen LogP contribution in [0.25, 0.3) is 0 Å². The third-order valence-corrected chi connectivity index (χ3v) is 2.26. The van der Waals surface area contributed by atoms with E-state index in [9.17, 15) is 15.3 Å². The standard InChI is InChI=1S/C8H16NO5/c9-2-1-4-6(11)8(13)7(12)5(3-10)14-4/h5-8,10-13H,1-3,9H2/t5-,6+,7+,8-/m1/s1. The number of aliphatic hydroxyl groups excluding tert-OH is 4. The molecule has 1 saturated heterocycles. The molecule has 0 aromatic carbocycles. The van der Waals surface area contributed by atoms with Crippen LogP contribution in [-0.4, -0.2) is 58.0 Å². The number of aliphatic hydroxyl groups is 4. The first-order chi connectivity index (χ1) is 6.61. The van der Waals surface area contributed by atoms with E-state index in [1.807, 2.05) is 0 Å². The van der Waals surface area contributed by atoms with Gasteiger partial charge in [0.15, 0.2) is 0 Å². The van der Waals surface area contributed by atoms with Crippen LogP contribution in [0.3, 0.4) is 0 Å². The normalized spacial score (nSPS) is 40.1. The molecule has 1 heterocycles. The van der Waals surface area contributed by atoms with Crippen molar-refractivity contribution in [3.63, 3.8) is 0 Å². The minimum Gasteiger partial charge on any atom is -0.394 e. The Balaban J connectivity index is 2.63. The molecule has 1 aliphatic rings. The molecule has 0 amide bonds. The van der Waals surface area contributed by atoms with Crippen LogP contribution in [-0.2, 0) is 4.74 Å². The summed E-state index contributed by atoms with van der Waals surface area (Å²) < 4.78 is 5.10. The fraction of sp³-hybridized carbons (Fsp3) is 0.875. The molecular formula is C8H16NO5. The van der Waals surface area contributed by atoms with E-state index >= 15 is 0 Å². The molecule has 0 aromatic heterocycles. The minimum absolute atomic E-state index is 0.212. The monoisotopic (exact) mass is 206 g/mol. The van der Waals surface area contributed by atoms with E-state index in [1.54, 1.807) is 0 Å². The van der Waals surface area contributed by atoms with Crippen LogP contribution in [0.4, 0.5) is 0 Å². The van der Waals surface area contributed by atoms with Crippen molar-refractivity contribution in [3.8, 4) is 0 Å². The summed E-state index contributed by atoms with van der Waals surface area (Å²) in [6.45, 7) is -0.146.